The van der Waals surface area contributed by atoms with Crippen LogP contribution in [0.25, 0.3) is 11.3 Å². The fourth-order valence-corrected chi connectivity index (χ4v) is 4.73. The summed E-state index contributed by atoms with van der Waals surface area (Å²) >= 11 is 5.63. The van der Waals surface area contributed by atoms with Gasteiger partial charge in [-0.05, 0) is 60.7 Å². The smallest absolute Gasteiger partial charge is 0.335 e. The Morgan fingerprint density at radius 1 is 1.05 bits per heavy atom. The number of carboxylic acid groups (broad SMARTS) is 1. The number of aromatic nitrogens is 1. The van der Waals surface area contributed by atoms with E-state index in [1.54, 1.807) is 30.5 Å². The number of hydrogen-bond donors (Lipinski definition) is 3. The summed E-state index contributed by atoms with van der Waals surface area (Å²) < 4.78 is 20.2. The maximum Gasteiger partial charge on any atom is 0.335 e. The summed E-state index contributed by atoms with van der Waals surface area (Å²) in [5.74, 6) is -0.704. The molecule has 0 aliphatic carbocycles. The molecule has 4 aromatic rings. The van der Waals surface area contributed by atoms with Crippen molar-refractivity contribution in [2.75, 3.05) is 11.9 Å². The van der Waals surface area contributed by atoms with Crippen LogP contribution in [0.3, 0.4) is 0 Å². The van der Waals surface area contributed by atoms with Crippen LogP contribution in [0.1, 0.15) is 40.3 Å². The summed E-state index contributed by atoms with van der Waals surface area (Å²) in [7, 11) is 0. The molecule has 1 saturated heterocycles. The highest BCUT2D eigenvalue weighted by Crippen LogP contribution is 2.40. The number of carbonyl (C=O) groups is 2. The fourth-order valence-electron chi connectivity index (χ4n) is 4.40. The summed E-state index contributed by atoms with van der Waals surface area (Å²) in [5.41, 5.74) is 1.77. The van der Waals surface area contributed by atoms with Gasteiger partial charge in [0.25, 0.3) is 0 Å². The highest BCUT2D eigenvalue weighted by molar-refractivity contribution is 7.80. The lowest BCUT2D eigenvalue weighted by Gasteiger charge is -2.25. The predicted octanol–water partition coefficient (Wildman–Crippen LogP) is 5.18. The third-order valence-electron chi connectivity index (χ3n) is 6.26. The van der Waals surface area contributed by atoms with Crippen molar-refractivity contribution < 1.29 is 23.5 Å². The maximum absolute atomic E-state index is 14.0. The number of nitrogens with one attached hydrogen (secondary N) is 2. The van der Waals surface area contributed by atoms with Gasteiger partial charge < -0.3 is 25.1 Å². The average Bonchev–Trinajstić information content (AvgIpc) is 3.54. The summed E-state index contributed by atoms with van der Waals surface area (Å²) in [5, 5.41) is 15.5. The summed E-state index contributed by atoms with van der Waals surface area (Å²) in [4.78, 5) is 30.2. The minimum atomic E-state index is -1.00. The second kappa shape index (κ2) is 10.8. The van der Waals surface area contributed by atoms with Gasteiger partial charge >= 0.3 is 5.97 Å². The van der Waals surface area contributed by atoms with Crippen LogP contribution in [-0.4, -0.2) is 38.5 Å². The number of amides is 1. The molecule has 3 N–H and O–H groups in total. The molecule has 8 nitrogen and oxygen atoms in total. The molecule has 1 fully saturated rings. The molecule has 1 amide bonds. The zero-order valence-corrected chi connectivity index (χ0v) is 20.8. The molecule has 2 atom stereocenters. The molecule has 0 radical (unpaired) electrons. The SMILES string of the molecule is O=C(CCN1C(=S)N[C@@H](c2ccccn2)[C@H]1c1ccc(-c2ccc(C(=O)O)cc2)o1)Nc1ccccc1F. The lowest BCUT2D eigenvalue weighted by molar-refractivity contribution is -0.116. The van der Waals surface area contributed by atoms with Gasteiger partial charge in [-0.1, -0.05) is 30.3 Å². The van der Waals surface area contributed by atoms with Crippen LogP contribution in [0.15, 0.2) is 89.5 Å². The maximum atomic E-state index is 14.0. The van der Waals surface area contributed by atoms with E-state index >= 15 is 0 Å². The van der Waals surface area contributed by atoms with Crippen molar-refractivity contribution in [2.45, 2.75) is 18.5 Å². The molecule has 10 heteroatoms. The summed E-state index contributed by atoms with van der Waals surface area (Å²) in [6, 6.07) is 20.9. The standard InChI is InChI=1S/C28H23FN4O4S/c29-19-5-1-2-6-20(19)31-24(34)14-16-33-26(25(32-28(33)38)21-7-3-4-15-30-21)23-13-12-22(37-23)17-8-10-18(11-9-17)27(35)36/h1-13,15,25-26H,14,16H2,(H,31,34)(H,32,38)(H,35,36)/t25-,26+/m0/s1. The largest absolute Gasteiger partial charge is 0.478 e. The van der Waals surface area contributed by atoms with Gasteiger partial charge in [0.1, 0.15) is 23.4 Å². The van der Waals surface area contributed by atoms with Gasteiger partial charge in [0.2, 0.25) is 5.91 Å². The van der Waals surface area contributed by atoms with E-state index in [-0.39, 0.29) is 36.2 Å². The molecule has 0 bridgehead atoms. The average molecular weight is 531 g/mol. The summed E-state index contributed by atoms with van der Waals surface area (Å²) in [6.07, 6.45) is 1.75. The van der Waals surface area contributed by atoms with Crippen molar-refractivity contribution in [3.8, 4) is 11.3 Å². The number of furan rings is 1. The van der Waals surface area contributed by atoms with Gasteiger partial charge in [0, 0.05) is 24.7 Å². The molecule has 0 spiro atoms. The lowest BCUT2D eigenvalue weighted by Crippen LogP contribution is -2.32. The highest BCUT2D eigenvalue weighted by atomic mass is 32.1. The van der Waals surface area contributed by atoms with Crippen LogP contribution in [-0.2, 0) is 4.79 Å². The van der Waals surface area contributed by atoms with E-state index in [9.17, 15) is 19.1 Å². The number of hydrogen-bond acceptors (Lipinski definition) is 5. The van der Waals surface area contributed by atoms with E-state index in [0.29, 0.717) is 16.6 Å². The Hall–Kier alpha value is -4.57. The first-order valence-electron chi connectivity index (χ1n) is 11.9. The topological polar surface area (TPSA) is 108 Å². The number of rotatable bonds is 8. The number of aromatic carboxylic acids is 1. The van der Waals surface area contributed by atoms with Gasteiger partial charge in [0.15, 0.2) is 5.11 Å². The minimum absolute atomic E-state index is 0.0613. The van der Waals surface area contributed by atoms with Crippen LogP contribution < -0.4 is 10.6 Å². The molecule has 1 aliphatic heterocycles. The van der Waals surface area contributed by atoms with Crippen LogP contribution in [0.5, 0.6) is 0 Å². The molecule has 0 unspecified atom stereocenters. The normalized spacial score (nSPS) is 16.8. The Morgan fingerprint density at radius 2 is 1.82 bits per heavy atom. The first-order chi connectivity index (χ1) is 18.4. The molecular weight excluding hydrogens is 507 g/mol. The van der Waals surface area contributed by atoms with E-state index in [1.807, 2.05) is 35.2 Å². The van der Waals surface area contributed by atoms with Crippen molar-refractivity contribution in [2.24, 2.45) is 0 Å². The third kappa shape index (κ3) is 5.25. The van der Waals surface area contributed by atoms with E-state index in [1.165, 1.54) is 24.3 Å². The van der Waals surface area contributed by atoms with Crippen LogP contribution in [0.2, 0.25) is 0 Å². The van der Waals surface area contributed by atoms with Gasteiger partial charge in [-0.2, -0.15) is 0 Å². The number of pyridine rings is 1. The van der Waals surface area contributed by atoms with Gasteiger partial charge in [-0.15, -0.1) is 0 Å². The molecule has 2 aromatic heterocycles. The molecule has 38 heavy (non-hydrogen) atoms. The number of thiocarbonyl (C=S) groups is 1. The predicted molar refractivity (Wildman–Crippen MR) is 143 cm³/mol. The van der Waals surface area contributed by atoms with Crippen LogP contribution in [0, 0.1) is 5.82 Å². The number of para-hydroxylation sites is 1. The fraction of sp³-hybridized carbons (Fsp3) is 0.143. The quantitative estimate of drug-likeness (QED) is 0.268. The lowest BCUT2D eigenvalue weighted by atomic mass is 10.0. The number of benzene rings is 2. The first-order valence-corrected chi connectivity index (χ1v) is 12.3. The summed E-state index contributed by atoms with van der Waals surface area (Å²) in [6.45, 7) is 0.253. The van der Waals surface area contributed by atoms with Gasteiger partial charge in [0.05, 0.1) is 23.0 Å². The number of carbonyl (C=O) groups excluding carboxylic acids is 1. The monoisotopic (exact) mass is 530 g/mol. The second-order valence-electron chi connectivity index (χ2n) is 8.68. The van der Waals surface area contributed by atoms with Crippen molar-refractivity contribution in [1.29, 1.82) is 0 Å². The Kier molecular flexibility index (Phi) is 7.14. The molecule has 2 aromatic carbocycles. The Balaban J connectivity index is 1.40. The molecule has 5 rings (SSSR count). The van der Waals surface area contributed by atoms with Gasteiger partial charge in [-0.25, -0.2) is 9.18 Å². The van der Waals surface area contributed by atoms with Crippen LogP contribution in [0.4, 0.5) is 10.1 Å². The second-order valence-corrected chi connectivity index (χ2v) is 9.07. The van der Waals surface area contributed by atoms with Crippen molar-refractivity contribution in [3.05, 3.63) is 108 Å². The molecule has 3 heterocycles. The molecule has 1 aliphatic rings. The first kappa shape index (κ1) is 25.1. The zero-order valence-electron chi connectivity index (χ0n) is 20.0. The highest BCUT2D eigenvalue weighted by Gasteiger charge is 2.41. The van der Waals surface area contributed by atoms with Crippen molar-refractivity contribution in [3.63, 3.8) is 0 Å². The number of halogens is 1. The third-order valence-corrected chi connectivity index (χ3v) is 6.61. The van der Waals surface area contributed by atoms with E-state index in [2.05, 4.69) is 15.6 Å². The molecule has 192 valence electrons. The molecular formula is C28H23FN4O4S. The van der Waals surface area contributed by atoms with Crippen molar-refractivity contribution >= 4 is 34.9 Å². The Labute approximate surface area is 223 Å². The van der Waals surface area contributed by atoms with Gasteiger partial charge in [-0.3, -0.25) is 9.78 Å². The zero-order chi connectivity index (χ0) is 26.6. The number of nitrogens with zero attached hydrogens (tertiary/aromatic N) is 2. The van der Waals surface area contributed by atoms with E-state index in [0.717, 1.165) is 11.3 Å². The van der Waals surface area contributed by atoms with E-state index in [4.69, 9.17) is 16.6 Å². The Morgan fingerprint density at radius 3 is 2.53 bits per heavy atom. The Bertz CT molecular complexity index is 1480. The molecule has 0 saturated carbocycles. The van der Waals surface area contributed by atoms with Crippen molar-refractivity contribution in [1.82, 2.24) is 15.2 Å². The number of carboxylic acids is 1. The minimum Gasteiger partial charge on any atom is -0.478 e. The van der Waals surface area contributed by atoms with Crippen LogP contribution >= 0.6 is 12.2 Å². The van der Waals surface area contributed by atoms with E-state index < -0.39 is 17.8 Å². The number of anilines is 1.